The quantitative estimate of drug-likeness (QED) is 0.0742. The second kappa shape index (κ2) is 12.0. The molecule has 0 aromatic heterocycles. The van der Waals surface area contributed by atoms with Crippen molar-refractivity contribution >= 4 is 79.3 Å². The lowest BCUT2D eigenvalue weighted by molar-refractivity contribution is -0.384. The largest absolute Gasteiger partial charge is 0.493 e. The summed E-state index contributed by atoms with van der Waals surface area (Å²) in [6, 6.07) is 12.8. The first-order chi connectivity index (χ1) is 17.9. The van der Waals surface area contributed by atoms with Gasteiger partial charge in [0.1, 0.15) is 16.5 Å². The van der Waals surface area contributed by atoms with Gasteiger partial charge in [0.25, 0.3) is 11.6 Å². The van der Waals surface area contributed by atoms with Crippen LogP contribution in [-0.4, -0.2) is 26.4 Å². The molecule has 0 saturated carbocycles. The van der Waals surface area contributed by atoms with Gasteiger partial charge in [0.2, 0.25) is 0 Å². The smallest absolute Gasteiger partial charge is 0.339 e. The van der Waals surface area contributed by atoms with E-state index in [2.05, 4.69) is 5.32 Å². The van der Waals surface area contributed by atoms with Gasteiger partial charge in [0.15, 0.2) is 11.5 Å². The molecule has 10 nitrogen and oxygen atoms in total. The van der Waals surface area contributed by atoms with Crippen molar-refractivity contribution in [3.63, 3.8) is 0 Å². The normalized spacial score (nSPS) is 11.4. The summed E-state index contributed by atoms with van der Waals surface area (Å²) in [5, 5.41) is 22.5. The van der Waals surface area contributed by atoms with Crippen molar-refractivity contribution in [3.8, 4) is 17.6 Å². The summed E-state index contributed by atoms with van der Waals surface area (Å²) in [7, 11) is -2.87. The predicted molar refractivity (Wildman–Crippen MR) is 150 cm³/mol. The molecule has 0 radical (unpaired) electrons. The molecule has 0 aliphatic carbocycles. The van der Waals surface area contributed by atoms with Gasteiger partial charge in [-0.25, -0.2) is 0 Å². The van der Waals surface area contributed by atoms with Crippen LogP contribution in [0.4, 0.5) is 11.4 Å². The number of halogens is 3. The molecule has 38 heavy (non-hydrogen) atoms. The lowest BCUT2D eigenvalue weighted by Gasteiger charge is -2.14. The van der Waals surface area contributed by atoms with E-state index in [1.54, 1.807) is 18.2 Å². The summed E-state index contributed by atoms with van der Waals surface area (Å²) in [5.74, 6) is -0.919. The van der Waals surface area contributed by atoms with Gasteiger partial charge >= 0.3 is 10.1 Å². The van der Waals surface area contributed by atoms with Crippen LogP contribution in [0, 0.1) is 31.9 Å². The number of nitrogens with one attached hydrogen (secondary N) is 1. The molecule has 0 spiro atoms. The number of carbonyl (C=O) groups excluding carboxylic acids is 1. The number of anilines is 1. The van der Waals surface area contributed by atoms with Gasteiger partial charge in [-0.15, -0.1) is 0 Å². The Kier molecular flexibility index (Phi) is 9.21. The molecular formula is C24H16Cl2IN3O7S. The molecule has 0 fully saturated rings. The van der Waals surface area contributed by atoms with Crippen LogP contribution in [0.5, 0.6) is 11.5 Å². The fourth-order valence-electron chi connectivity index (χ4n) is 3.05. The van der Waals surface area contributed by atoms with Crippen LogP contribution in [0.1, 0.15) is 11.1 Å². The number of nitro benzene ring substituents is 1. The van der Waals surface area contributed by atoms with E-state index >= 15 is 0 Å². The van der Waals surface area contributed by atoms with E-state index in [9.17, 15) is 28.6 Å². The highest BCUT2D eigenvalue weighted by atomic mass is 127. The number of nitrogens with zero attached hydrogens (tertiary/aromatic N) is 2. The van der Waals surface area contributed by atoms with Crippen LogP contribution in [0.15, 0.2) is 59.0 Å². The molecule has 0 bridgehead atoms. The molecule has 14 heteroatoms. The predicted octanol–water partition coefficient (Wildman–Crippen LogP) is 6.14. The van der Waals surface area contributed by atoms with Crippen LogP contribution in [0.3, 0.4) is 0 Å². The highest BCUT2D eigenvalue weighted by Crippen LogP contribution is 2.37. The van der Waals surface area contributed by atoms with Gasteiger partial charge in [-0.1, -0.05) is 40.9 Å². The van der Waals surface area contributed by atoms with Crippen molar-refractivity contribution in [2.24, 2.45) is 0 Å². The topological polar surface area (TPSA) is 149 Å². The van der Waals surface area contributed by atoms with Crippen molar-refractivity contribution < 1.29 is 27.1 Å². The number of carbonyl (C=O) groups is 1. The number of hydrogen-bond acceptors (Lipinski definition) is 8. The SMILES string of the molecule is COc1cc(/C=C(\C#N)C(=O)Nc2c(Cl)cc([N+](=O)[O-])cc2Cl)cc(I)c1OS(=O)(=O)c1ccc(C)cc1. The number of nitro groups is 1. The van der Waals surface area contributed by atoms with Gasteiger partial charge in [-0.3, -0.25) is 14.9 Å². The zero-order chi connectivity index (χ0) is 28.2. The molecule has 0 heterocycles. The molecule has 0 aliphatic heterocycles. The van der Waals surface area contributed by atoms with Crippen LogP contribution >= 0.6 is 45.8 Å². The third-order valence-corrected chi connectivity index (χ3v) is 7.54. The number of benzene rings is 3. The maximum absolute atomic E-state index is 12.8. The van der Waals surface area contributed by atoms with E-state index in [0.29, 0.717) is 9.13 Å². The van der Waals surface area contributed by atoms with Gasteiger partial charge < -0.3 is 14.2 Å². The Morgan fingerprint density at radius 3 is 2.29 bits per heavy atom. The summed E-state index contributed by atoms with van der Waals surface area (Å²) in [6.45, 7) is 1.82. The highest BCUT2D eigenvalue weighted by Gasteiger charge is 2.23. The first-order valence-corrected chi connectivity index (χ1v) is 13.6. The number of nitriles is 1. The second-order valence-corrected chi connectivity index (χ2v) is 11.1. The van der Waals surface area contributed by atoms with E-state index in [0.717, 1.165) is 17.7 Å². The average molecular weight is 688 g/mol. The van der Waals surface area contributed by atoms with Crippen molar-refractivity contribution in [3.05, 3.63) is 89.0 Å². The van der Waals surface area contributed by atoms with E-state index < -0.39 is 20.9 Å². The Hall–Kier alpha value is -3.38. The molecule has 0 saturated heterocycles. The third-order valence-electron chi connectivity index (χ3n) is 4.91. The minimum absolute atomic E-state index is 0.0398. The maximum Gasteiger partial charge on any atom is 0.339 e. The molecule has 0 atom stereocenters. The standard InChI is InChI=1S/C24H16Cl2IN3O7S/c1-13-3-5-17(6-4-13)38(34,35)37-23-20(27)8-14(9-21(23)36-2)7-15(12-28)24(31)29-22-18(25)10-16(30(32)33)11-19(22)26/h3-11H,1-2H3,(H,29,31)/b15-7+. The van der Waals surface area contributed by atoms with Crippen molar-refractivity contribution in [1.82, 2.24) is 0 Å². The molecule has 1 amide bonds. The fraction of sp³-hybridized carbons (Fsp3) is 0.0833. The molecule has 0 aliphatic rings. The number of methoxy groups -OCH3 is 1. The fourth-order valence-corrected chi connectivity index (χ4v) is 5.46. The maximum atomic E-state index is 12.8. The molecular weight excluding hydrogens is 672 g/mol. The van der Waals surface area contributed by atoms with Gasteiger partial charge in [-0.2, -0.15) is 13.7 Å². The lowest BCUT2D eigenvalue weighted by Crippen LogP contribution is -2.14. The second-order valence-electron chi connectivity index (χ2n) is 7.55. The van der Waals surface area contributed by atoms with E-state index in [-0.39, 0.29) is 43.4 Å². The minimum atomic E-state index is -4.17. The third kappa shape index (κ3) is 6.73. The Balaban J connectivity index is 1.92. The molecule has 196 valence electrons. The monoisotopic (exact) mass is 687 g/mol. The van der Waals surface area contributed by atoms with Crippen LogP contribution in [-0.2, 0) is 14.9 Å². The number of hydrogen-bond donors (Lipinski definition) is 1. The molecule has 3 aromatic rings. The number of aryl methyl sites for hydroxylation is 1. The van der Waals surface area contributed by atoms with Gasteiger partial charge in [-0.05, 0) is 65.4 Å². The van der Waals surface area contributed by atoms with Gasteiger partial charge in [0.05, 0.1) is 31.3 Å². The number of ether oxygens (including phenoxy) is 1. The van der Waals surface area contributed by atoms with Crippen LogP contribution in [0.25, 0.3) is 6.08 Å². The molecule has 1 N–H and O–H groups in total. The van der Waals surface area contributed by atoms with E-state index in [1.807, 2.05) is 29.5 Å². The zero-order valence-electron chi connectivity index (χ0n) is 19.5. The number of non-ortho nitro benzene ring substituents is 1. The van der Waals surface area contributed by atoms with E-state index in [4.69, 9.17) is 32.1 Å². The Bertz CT molecular complexity index is 1600. The van der Waals surface area contributed by atoms with Crippen molar-refractivity contribution in [2.75, 3.05) is 12.4 Å². The number of amides is 1. The summed E-state index contributed by atoms with van der Waals surface area (Å²) in [6.07, 6.45) is 1.23. The summed E-state index contributed by atoms with van der Waals surface area (Å²) < 4.78 is 36.5. The summed E-state index contributed by atoms with van der Waals surface area (Å²) >= 11 is 13.9. The number of rotatable bonds is 8. The van der Waals surface area contributed by atoms with Crippen molar-refractivity contribution in [2.45, 2.75) is 11.8 Å². The Morgan fingerprint density at radius 1 is 1.16 bits per heavy atom. The first kappa shape index (κ1) is 29.2. The first-order valence-electron chi connectivity index (χ1n) is 10.3. The molecule has 3 aromatic carbocycles. The van der Waals surface area contributed by atoms with Crippen LogP contribution < -0.4 is 14.2 Å². The Morgan fingerprint density at radius 2 is 1.76 bits per heavy atom. The van der Waals surface area contributed by atoms with Crippen LogP contribution in [0.2, 0.25) is 10.0 Å². The summed E-state index contributed by atoms with van der Waals surface area (Å²) in [4.78, 5) is 23.0. The van der Waals surface area contributed by atoms with E-state index in [1.165, 1.54) is 37.5 Å². The Labute approximate surface area is 241 Å². The molecule has 3 rings (SSSR count). The zero-order valence-corrected chi connectivity index (χ0v) is 24.0. The molecule has 0 unspecified atom stereocenters. The van der Waals surface area contributed by atoms with Crippen molar-refractivity contribution in [1.29, 1.82) is 5.26 Å². The minimum Gasteiger partial charge on any atom is -0.493 e. The average Bonchev–Trinajstić information content (AvgIpc) is 2.85. The lowest BCUT2D eigenvalue weighted by atomic mass is 10.1. The summed E-state index contributed by atoms with van der Waals surface area (Å²) in [5.41, 5.74) is 0.348. The highest BCUT2D eigenvalue weighted by molar-refractivity contribution is 14.1. The van der Waals surface area contributed by atoms with Gasteiger partial charge in [0, 0.05) is 12.1 Å².